The lowest BCUT2D eigenvalue weighted by atomic mass is 9.98. The first-order valence-corrected chi connectivity index (χ1v) is 24.7. The van der Waals surface area contributed by atoms with Gasteiger partial charge >= 0.3 is 25.8 Å². The number of benzene rings is 2. The quantitative estimate of drug-likeness (QED) is 0.0173. The number of carbonyl (C=O) groups is 2. The van der Waals surface area contributed by atoms with Crippen molar-refractivity contribution in [3.05, 3.63) is 78.1 Å². The predicted molar refractivity (Wildman–Crippen MR) is 244 cm³/mol. The number of nitrogens with one attached hydrogen (secondary N) is 1. The molecule has 0 aliphatic carbocycles. The number of esters is 2. The summed E-state index contributed by atoms with van der Waals surface area (Å²) in [4.78, 5) is 38.7. The van der Waals surface area contributed by atoms with Crippen LogP contribution < -0.4 is 15.3 Å². The van der Waals surface area contributed by atoms with E-state index in [0.717, 1.165) is 37.8 Å². The summed E-state index contributed by atoms with van der Waals surface area (Å²) in [5, 5.41) is 2.61. The van der Waals surface area contributed by atoms with Gasteiger partial charge in [0.25, 0.3) is 0 Å². The molecule has 0 bridgehead atoms. The zero-order chi connectivity index (χ0) is 47.5. The van der Waals surface area contributed by atoms with Gasteiger partial charge in [0.2, 0.25) is 0 Å². The maximum atomic E-state index is 14.9. The molecule has 66 heavy (non-hydrogen) atoms. The number of nitrogens with zero attached hydrogens (tertiary/aromatic N) is 4. The Morgan fingerprint density at radius 2 is 1.55 bits per heavy atom. The largest absolute Gasteiger partial charge is 0.462 e. The van der Waals surface area contributed by atoms with Gasteiger partial charge in [0.15, 0.2) is 22.6 Å². The van der Waals surface area contributed by atoms with Crippen LogP contribution in [-0.2, 0) is 39.3 Å². The standard InChI is InChI=1S/C48H64F3N6O8P/c1-5-7-8-9-10-11-12-13-14-15-16-17-18-19-23-26-42(58)63-40-31-41(57-33-53-43-44(52)54-47(51)55-45(43)57)64-48(40,6-2)32-61-66(60,65-38-24-21-20-22-25-38)56-39(46(59)62-34(3)4)29-35-27-36(49)30-37(50)28-35/h2,20-22,24-25,27-28,30,33-34,39-41H,5,7-19,23,26,29,31-32H2,1,3-4H3,(H,56,60)(H2,52,54,55)/t39-,40-,41+,48+,66-/m0/s1. The van der Waals surface area contributed by atoms with Gasteiger partial charge in [-0.15, -0.1) is 6.42 Å². The van der Waals surface area contributed by atoms with Crippen LogP contribution >= 0.6 is 7.75 Å². The van der Waals surface area contributed by atoms with Crippen LogP contribution in [0.1, 0.15) is 142 Å². The molecule has 1 aliphatic heterocycles. The van der Waals surface area contributed by atoms with Crippen molar-refractivity contribution in [2.45, 2.75) is 166 Å². The Morgan fingerprint density at radius 3 is 2.14 bits per heavy atom. The van der Waals surface area contributed by atoms with Gasteiger partial charge in [0.05, 0.1) is 12.4 Å². The number of ether oxygens (including phenoxy) is 3. The summed E-state index contributed by atoms with van der Waals surface area (Å²) in [5.41, 5.74) is 4.05. The minimum atomic E-state index is -4.76. The van der Waals surface area contributed by atoms with Crippen molar-refractivity contribution < 1.29 is 50.6 Å². The minimum Gasteiger partial charge on any atom is -0.462 e. The highest BCUT2D eigenvalue weighted by molar-refractivity contribution is 7.52. The summed E-state index contributed by atoms with van der Waals surface area (Å²) in [6.45, 7) is 4.67. The van der Waals surface area contributed by atoms with Gasteiger partial charge in [0.1, 0.15) is 42.4 Å². The molecule has 0 amide bonds. The number of unbranched alkanes of at least 4 members (excludes halogenated alkanes) is 14. The molecule has 2 aromatic carbocycles. The zero-order valence-corrected chi connectivity index (χ0v) is 39.1. The Hall–Kier alpha value is -5.01. The first kappa shape index (κ1) is 52.0. The van der Waals surface area contributed by atoms with Crippen molar-refractivity contribution >= 4 is 36.7 Å². The summed E-state index contributed by atoms with van der Waals surface area (Å²) in [6.07, 6.45) is 20.5. The van der Waals surface area contributed by atoms with E-state index in [1.165, 1.54) is 87.2 Å². The monoisotopic (exact) mass is 940 g/mol. The van der Waals surface area contributed by atoms with E-state index in [9.17, 15) is 27.3 Å². The van der Waals surface area contributed by atoms with Crippen LogP contribution in [0.5, 0.6) is 5.75 Å². The fraction of sp³-hybridized carbons (Fsp3) is 0.562. The molecule has 2 aromatic heterocycles. The molecule has 1 aliphatic rings. The third-order valence-corrected chi connectivity index (χ3v) is 12.8. The molecule has 0 spiro atoms. The summed E-state index contributed by atoms with van der Waals surface area (Å²) in [5.74, 6) is -0.907. The Balaban J connectivity index is 1.30. The second kappa shape index (κ2) is 25.8. The van der Waals surface area contributed by atoms with Crippen LogP contribution in [0, 0.1) is 30.1 Å². The number of rotatable bonds is 29. The molecule has 14 nitrogen and oxygen atoms in total. The Morgan fingerprint density at radius 1 is 0.939 bits per heavy atom. The fourth-order valence-corrected chi connectivity index (χ4v) is 9.39. The van der Waals surface area contributed by atoms with Gasteiger partial charge in [-0.05, 0) is 56.5 Å². The number of halogens is 3. The molecular weight excluding hydrogens is 877 g/mol. The Bertz CT molecular complexity index is 2240. The molecule has 1 fully saturated rings. The molecule has 5 rings (SSSR count). The number of nitrogen functional groups attached to an aromatic ring is 1. The SMILES string of the molecule is C#C[C@]1(CO[P@@](=O)(N[C@@H](Cc2cc(F)cc(F)c2)C(=O)OC(C)C)Oc2ccccc2)O[C@@H](n2cnc3c(N)nc(F)nc32)C[C@@H]1OC(=O)CCCCCCCCCCCCCCCCC. The number of terminal acetylenes is 1. The fourth-order valence-electron chi connectivity index (χ4n) is 7.87. The first-order valence-electron chi connectivity index (χ1n) is 23.2. The van der Waals surface area contributed by atoms with E-state index < -0.39 is 80.5 Å². The van der Waals surface area contributed by atoms with E-state index in [1.807, 2.05) is 0 Å². The van der Waals surface area contributed by atoms with E-state index in [0.29, 0.717) is 12.5 Å². The van der Waals surface area contributed by atoms with Crippen molar-refractivity contribution in [2.24, 2.45) is 0 Å². The summed E-state index contributed by atoms with van der Waals surface area (Å²) >= 11 is 0. The third kappa shape index (κ3) is 15.8. The molecule has 0 saturated carbocycles. The van der Waals surface area contributed by atoms with E-state index in [2.05, 4.69) is 32.9 Å². The molecule has 3 heterocycles. The Kier molecular flexibility index (Phi) is 20.3. The second-order valence-corrected chi connectivity index (χ2v) is 18.7. The van der Waals surface area contributed by atoms with E-state index in [-0.39, 0.29) is 41.1 Å². The van der Waals surface area contributed by atoms with Crippen LogP contribution in [0.25, 0.3) is 11.2 Å². The number of imidazole rings is 1. The van der Waals surface area contributed by atoms with Gasteiger partial charge in [-0.25, -0.2) is 18.3 Å². The molecule has 5 atom stereocenters. The molecule has 0 unspecified atom stereocenters. The lowest BCUT2D eigenvalue weighted by Crippen LogP contribution is -2.46. The van der Waals surface area contributed by atoms with Crippen molar-refractivity contribution in [3.63, 3.8) is 0 Å². The number of hydrogen-bond acceptors (Lipinski definition) is 12. The van der Waals surface area contributed by atoms with Crippen LogP contribution in [0.2, 0.25) is 0 Å². The number of para-hydroxylation sites is 1. The number of aromatic nitrogens is 4. The van der Waals surface area contributed by atoms with Crippen molar-refractivity contribution in [1.29, 1.82) is 0 Å². The number of nitrogens with two attached hydrogens (primary N) is 1. The van der Waals surface area contributed by atoms with Gasteiger partial charge < -0.3 is 24.5 Å². The third-order valence-electron chi connectivity index (χ3n) is 11.2. The summed E-state index contributed by atoms with van der Waals surface area (Å²) in [7, 11) is -4.76. The molecule has 18 heteroatoms. The topological polar surface area (TPSA) is 179 Å². The van der Waals surface area contributed by atoms with Crippen molar-refractivity contribution in [2.75, 3.05) is 12.3 Å². The van der Waals surface area contributed by atoms with E-state index >= 15 is 0 Å². The number of fused-ring (bicyclic) bond motifs is 1. The zero-order valence-electron chi connectivity index (χ0n) is 38.2. The summed E-state index contributed by atoms with van der Waals surface area (Å²) < 4.78 is 89.2. The highest BCUT2D eigenvalue weighted by Gasteiger charge is 2.53. The molecule has 1 saturated heterocycles. The maximum absolute atomic E-state index is 14.9. The predicted octanol–water partition coefficient (Wildman–Crippen LogP) is 10.6. The van der Waals surface area contributed by atoms with Gasteiger partial charge in [0, 0.05) is 18.9 Å². The lowest BCUT2D eigenvalue weighted by Gasteiger charge is -2.31. The number of hydrogen-bond donors (Lipinski definition) is 2. The highest BCUT2D eigenvalue weighted by atomic mass is 31.2. The normalized spacial score (nSPS) is 18.5. The van der Waals surface area contributed by atoms with Crippen LogP contribution in [0.3, 0.4) is 0 Å². The van der Waals surface area contributed by atoms with Gasteiger partial charge in [-0.2, -0.15) is 19.4 Å². The average molecular weight is 941 g/mol. The average Bonchev–Trinajstić information content (AvgIpc) is 3.85. The minimum absolute atomic E-state index is 0.0262. The van der Waals surface area contributed by atoms with Crippen molar-refractivity contribution in [3.8, 4) is 18.1 Å². The van der Waals surface area contributed by atoms with Crippen LogP contribution in [0.15, 0.2) is 54.9 Å². The van der Waals surface area contributed by atoms with E-state index in [4.69, 9.17) is 35.4 Å². The molecular formula is C48H64F3N6O8P. The molecule has 0 radical (unpaired) electrons. The molecule has 3 N–H and O–H groups in total. The second-order valence-electron chi connectivity index (χ2n) is 17.0. The van der Waals surface area contributed by atoms with E-state index in [1.54, 1.807) is 32.0 Å². The van der Waals surface area contributed by atoms with Gasteiger partial charge in [-0.3, -0.25) is 18.7 Å². The van der Waals surface area contributed by atoms with Gasteiger partial charge in [-0.1, -0.05) is 121 Å². The van der Waals surface area contributed by atoms with Crippen molar-refractivity contribution in [1.82, 2.24) is 24.6 Å². The molecule has 360 valence electrons. The number of carbonyl (C=O) groups excluding carboxylic acids is 2. The first-order chi connectivity index (χ1) is 31.7. The maximum Gasteiger partial charge on any atom is 0.459 e. The van der Waals surface area contributed by atoms with Crippen LogP contribution in [-0.4, -0.2) is 61.9 Å². The Labute approximate surface area is 385 Å². The highest BCUT2D eigenvalue weighted by Crippen LogP contribution is 2.49. The number of anilines is 1. The summed E-state index contributed by atoms with van der Waals surface area (Å²) in [6, 6.07) is 9.05. The lowest BCUT2D eigenvalue weighted by molar-refractivity contribution is -0.158. The smallest absolute Gasteiger partial charge is 0.459 e. The van der Waals surface area contributed by atoms with Crippen LogP contribution in [0.4, 0.5) is 19.0 Å². The molecule has 4 aromatic rings.